The van der Waals surface area contributed by atoms with Crippen LogP contribution >= 0.6 is 0 Å². The maximum absolute atomic E-state index is 10.9. The Morgan fingerprint density at radius 1 is 0.912 bits per heavy atom. The molecule has 0 radical (unpaired) electrons. The minimum Gasteiger partial charge on any atom is -0.542 e. The number of hydrogen-bond donors (Lipinski definition) is 1. The first kappa shape index (κ1) is 26.1. The van der Waals surface area contributed by atoms with Gasteiger partial charge in [0.1, 0.15) is 11.5 Å². The first-order valence-corrected chi connectivity index (χ1v) is 16.0. The summed E-state index contributed by atoms with van der Waals surface area (Å²) in [5, 5.41) is 10.9. The molecule has 1 aromatic rings. The summed E-state index contributed by atoms with van der Waals surface area (Å²) in [6, 6.07) is 6.52. The van der Waals surface area contributed by atoms with Crippen molar-refractivity contribution in [2.75, 3.05) is 6.61 Å². The monoisotopic (exact) mass is 486 g/mol. The molecule has 1 heterocycles. The van der Waals surface area contributed by atoms with Gasteiger partial charge in [-0.3, -0.25) is 0 Å². The van der Waals surface area contributed by atoms with E-state index in [0.29, 0.717) is 28.5 Å². The molecule has 3 aliphatic rings. The van der Waals surface area contributed by atoms with Crippen LogP contribution < -0.4 is 9.16 Å². The molecule has 34 heavy (non-hydrogen) atoms. The van der Waals surface area contributed by atoms with E-state index in [1.54, 1.807) is 0 Å². The lowest BCUT2D eigenvalue weighted by molar-refractivity contribution is -0.165. The van der Waals surface area contributed by atoms with E-state index >= 15 is 0 Å². The summed E-state index contributed by atoms with van der Waals surface area (Å²) in [5.41, 5.74) is 3.05. The predicted octanol–water partition coefficient (Wildman–Crippen LogP) is 8.10. The van der Waals surface area contributed by atoms with Crippen LogP contribution in [0.3, 0.4) is 0 Å². The Hall–Kier alpha value is -1.00. The zero-order chi connectivity index (χ0) is 25.3. The van der Waals surface area contributed by atoms with Crippen LogP contribution in [0.25, 0.3) is 0 Å². The molecule has 0 unspecified atom stereocenters. The van der Waals surface area contributed by atoms with Gasteiger partial charge in [0.15, 0.2) is 0 Å². The molecule has 0 amide bonds. The summed E-state index contributed by atoms with van der Waals surface area (Å²) in [7, 11) is -2.09. The van der Waals surface area contributed by atoms with Gasteiger partial charge in [-0.15, -0.1) is 0 Å². The Morgan fingerprint density at radius 3 is 2.12 bits per heavy atom. The van der Waals surface area contributed by atoms with Gasteiger partial charge in [0.2, 0.25) is 0 Å². The molecule has 1 aliphatic heterocycles. The highest BCUT2D eigenvalue weighted by atomic mass is 28.4. The molecule has 192 valence electrons. The van der Waals surface area contributed by atoms with Crippen LogP contribution in [0.4, 0.5) is 0 Å². The number of rotatable bonds is 5. The Balaban J connectivity index is 1.82. The maximum Gasteiger partial charge on any atom is 0.258 e. The normalized spacial score (nSPS) is 34.9. The smallest absolute Gasteiger partial charge is 0.258 e. The minimum absolute atomic E-state index is 0.0267. The molecule has 0 aromatic heterocycles. The molecule has 1 N–H and O–H groups in total. The SMILES string of the molecule is CC(C)[Si](Oc1cccc2c1[C@]1(C)CC[C@H]3C(C)(C)[C@@H](O)CC[C@]3(C)[C@@H]1CO2)(C(C)C)C(C)C. The number of benzene rings is 1. The lowest BCUT2D eigenvalue weighted by atomic mass is 9.42. The Labute approximate surface area is 210 Å². The van der Waals surface area contributed by atoms with Crippen molar-refractivity contribution >= 4 is 8.32 Å². The van der Waals surface area contributed by atoms with Crippen LogP contribution in [0, 0.1) is 22.7 Å². The third kappa shape index (κ3) is 3.52. The van der Waals surface area contributed by atoms with Gasteiger partial charge in [-0.05, 0) is 71.2 Å². The molecule has 3 nitrogen and oxygen atoms in total. The summed E-state index contributed by atoms with van der Waals surface area (Å²) in [5.74, 6) is 3.06. The Kier molecular flexibility index (Phi) is 6.55. The molecule has 4 rings (SSSR count). The molecule has 2 fully saturated rings. The molecule has 4 heteroatoms. The summed E-state index contributed by atoms with van der Waals surface area (Å²) in [6.07, 6.45) is 4.04. The lowest BCUT2D eigenvalue weighted by Crippen LogP contribution is -2.62. The highest BCUT2D eigenvalue weighted by molar-refractivity contribution is 6.78. The standard InChI is InChI=1S/C30H50O3Si/c1-19(2)34(20(3)4,21(5)6)33-23-13-11-12-22-27(23)30(10)16-14-24-28(7,8)26(31)15-17-29(24,9)25(30)18-32-22/h11-13,19-21,24-26,31H,14-18H2,1-10H3/t24-,25-,26-,29-,30+/m0/s1. The third-order valence-corrected chi connectivity index (χ3v) is 17.0. The van der Waals surface area contributed by atoms with Gasteiger partial charge in [0, 0.05) is 16.9 Å². The number of aliphatic hydroxyl groups excluding tert-OH is 1. The number of hydrogen-bond acceptors (Lipinski definition) is 3. The van der Waals surface area contributed by atoms with Crippen LogP contribution in [-0.4, -0.2) is 26.1 Å². The fourth-order valence-electron chi connectivity index (χ4n) is 9.21. The lowest BCUT2D eigenvalue weighted by Gasteiger charge is -2.64. The van der Waals surface area contributed by atoms with Gasteiger partial charge in [-0.25, -0.2) is 0 Å². The van der Waals surface area contributed by atoms with Crippen molar-refractivity contribution in [3.05, 3.63) is 23.8 Å². The van der Waals surface area contributed by atoms with Gasteiger partial charge >= 0.3 is 0 Å². The number of ether oxygens (including phenoxy) is 1. The van der Waals surface area contributed by atoms with Crippen LogP contribution in [0.1, 0.15) is 100 Å². The zero-order valence-electron chi connectivity index (χ0n) is 23.5. The molecular formula is C30H50O3Si. The van der Waals surface area contributed by atoms with Gasteiger partial charge in [-0.1, -0.05) is 75.3 Å². The van der Waals surface area contributed by atoms with E-state index in [1.807, 2.05) is 0 Å². The second-order valence-corrected chi connectivity index (χ2v) is 19.2. The highest BCUT2D eigenvalue weighted by Crippen LogP contribution is 2.67. The average Bonchev–Trinajstić information content (AvgIpc) is 2.73. The number of fused-ring (bicyclic) bond motifs is 5. The largest absolute Gasteiger partial charge is 0.542 e. The van der Waals surface area contributed by atoms with Crippen molar-refractivity contribution in [1.29, 1.82) is 0 Å². The van der Waals surface area contributed by atoms with E-state index in [2.05, 4.69) is 87.4 Å². The maximum atomic E-state index is 10.9. The van der Waals surface area contributed by atoms with E-state index in [1.165, 1.54) is 5.56 Å². The van der Waals surface area contributed by atoms with Gasteiger partial charge in [0.25, 0.3) is 8.32 Å². The highest BCUT2D eigenvalue weighted by Gasteiger charge is 2.63. The summed E-state index contributed by atoms with van der Waals surface area (Å²) < 4.78 is 13.9. The Bertz CT molecular complexity index is 885. The van der Waals surface area contributed by atoms with Crippen molar-refractivity contribution in [3.8, 4) is 11.5 Å². The molecule has 2 aliphatic carbocycles. The molecule has 0 spiro atoms. The van der Waals surface area contributed by atoms with Crippen molar-refractivity contribution in [1.82, 2.24) is 0 Å². The van der Waals surface area contributed by atoms with Crippen molar-refractivity contribution in [2.45, 2.75) is 123 Å². The fraction of sp³-hybridized carbons (Fsp3) is 0.800. The first-order valence-electron chi connectivity index (χ1n) is 13.9. The zero-order valence-corrected chi connectivity index (χ0v) is 24.5. The topological polar surface area (TPSA) is 38.7 Å². The minimum atomic E-state index is -2.09. The molecule has 5 atom stereocenters. The van der Waals surface area contributed by atoms with Crippen LogP contribution in [0.15, 0.2) is 18.2 Å². The predicted molar refractivity (Wildman–Crippen MR) is 144 cm³/mol. The van der Waals surface area contributed by atoms with E-state index in [9.17, 15) is 5.11 Å². The van der Waals surface area contributed by atoms with E-state index in [-0.39, 0.29) is 22.3 Å². The fourth-order valence-corrected chi connectivity index (χ4v) is 14.5. The van der Waals surface area contributed by atoms with Crippen LogP contribution in [-0.2, 0) is 5.41 Å². The summed E-state index contributed by atoms with van der Waals surface area (Å²) >= 11 is 0. The van der Waals surface area contributed by atoms with Crippen molar-refractivity contribution < 1.29 is 14.3 Å². The van der Waals surface area contributed by atoms with Gasteiger partial charge < -0.3 is 14.3 Å². The van der Waals surface area contributed by atoms with Gasteiger partial charge in [0.05, 0.1) is 12.7 Å². The van der Waals surface area contributed by atoms with Crippen molar-refractivity contribution in [3.63, 3.8) is 0 Å². The average molecular weight is 487 g/mol. The van der Waals surface area contributed by atoms with Gasteiger partial charge in [-0.2, -0.15) is 0 Å². The molecule has 2 saturated carbocycles. The summed E-state index contributed by atoms with van der Waals surface area (Å²) in [4.78, 5) is 0. The first-order chi connectivity index (χ1) is 15.7. The quantitative estimate of drug-likeness (QED) is 0.427. The van der Waals surface area contributed by atoms with Crippen LogP contribution in [0.2, 0.25) is 16.6 Å². The second kappa shape index (κ2) is 8.54. The molecule has 1 aromatic carbocycles. The van der Waals surface area contributed by atoms with Crippen LogP contribution in [0.5, 0.6) is 11.5 Å². The molecule has 0 saturated heterocycles. The second-order valence-electron chi connectivity index (χ2n) is 13.8. The third-order valence-electron chi connectivity index (χ3n) is 11.0. The van der Waals surface area contributed by atoms with E-state index in [0.717, 1.165) is 43.8 Å². The number of aliphatic hydroxyl groups is 1. The summed E-state index contributed by atoms with van der Waals surface area (Å²) in [6.45, 7) is 24.5. The van der Waals surface area contributed by atoms with E-state index in [4.69, 9.17) is 9.16 Å². The Morgan fingerprint density at radius 2 is 1.53 bits per heavy atom. The molecular weight excluding hydrogens is 436 g/mol. The van der Waals surface area contributed by atoms with E-state index < -0.39 is 8.32 Å². The van der Waals surface area contributed by atoms with Crippen molar-refractivity contribution in [2.24, 2.45) is 22.7 Å². The molecule has 0 bridgehead atoms.